The molecule has 0 radical (unpaired) electrons. The van der Waals surface area contributed by atoms with Crippen LogP contribution in [0.1, 0.15) is 24.2 Å². The van der Waals surface area contributed by atoms with Crippen molar-refractivity contribution in [1.29, 1.82) is 0 Å². The number of aromatic amines is 1. The van der Waals surface area contributed by atoms with E-state index >= 15 is 0 Å². The zero-order chi connectivity index (χ0) is 15.3. The van der Waals surface area contributed by atoms with E-state index < -0.39 is 0 Å². The summed E-state index contributed by atoms with van der Waals surface area (Å²) >= 11 is 0. The van der Waals surface area contributed by atoms with Crippen molar-refractivity contribution in [3.8, 4) is 22.7 Å². The van der Waals surface area contributed by atoms with Gasteiger partial charge in [0.15, 0.2) is 0 Å². The minimum atomic E-state index is -0.264. The molecular formula is C18H16N2O2. The molecule has 4 rings (SSSR count). The molecule has 1 aliphatic rings. The van der Waals surface area contributed by atoms with E-state index in [1.54, 1.807) is 4.68 Å². The van der Waals surface area contributed by atoms with Crippen molar-refractivity contribution in [2.45, 2.75) is 20.0 Å². The Morgan fingerprint density at radius 2 is 1.82 bits per heavy atom. The van der Waals surface area contributed by atoms with Gasteiger partial charge in [0, 0.05) is 5.56 Å². The smallest absolute Gasteiger partial charge is 0.278 e. The first kappa shape index (κ1) is 13.0. The Labute approximate surface area is 128 Å². The van der Waals surface area contributed by atoms with E-state index in [-0.39, 0.29) is 11.7 Å². The summed E-state index contributed by atoms with van der Waals surface area (Å²) in [6.07, 6.45) is -0.264. The van der Waals surface area contributed by atoms with Gasteiger partial charge in [-0.2, -0.15) is 0 Å². The molecule has 0 fully saturated rings. The lowest BCUT2D eigenvalue weighted by atomic mass is 10.0. The molecule has 110 valence electrons. The molecular weight excluding hydrogens is 276 g/mol. The highest BCUT2D eigenvalue weighted by Crippen LogP contribution is 2.39. The van der Waals surface area contributed by atoms with Gasteiger partial charge in [0.1, 0.15) is 11.9 Å². The van der Waals surface area contributed by atoms with Crippen LogP contribution in [0.4, 0.5) is 0 Å². The lowest BCUT2D eigenvalue weighted by Gasteiger charge is -2.22. The number of fused-ring (bicyclic) bond motifs is 3. The fourth-order valence-corrected chi connectivity index (χ4v) is 2.93. The van der Waals surface area contributed by atoms with E-state index in [2.05, 4.69) is 5.10 Å². The maximum Gasteiger partial charge on any atom is 0.278 e. The first-order valence-corrected chi connectivity index (χ1v) is 7.33. The first-order chi connectivity index (χ1) is 10.6. The molecule has 4 heteroatoms. The van der Waals surface area contributed by atoms with Gasteiger partial charge in [-0.15, -0.1) is 0 Å². The maximum absolute atomic E-state index is 12.8. The van der Waals surface area contributed by atoms with Crippen molar-refractivity contribution in [3.05, 3.63) is 70.0 Å². The third-order valence-corrected chi connectivity index (χ3v) is 4.09. The molecule has 0 aliphatic carbocycles. The summed E-state index contributed by atoms with van der Waals surface area (Å²) in [5.74, 6) is 0.805. The molecule has 0 bridgehead atoms. The predicted octanol–water partition coefficient (Wildman–Crippen LogP) is 3.59. The van der Waals surface area contributed by atoms with Crippen molar-refractivity contribution in [2.75, 3.05) is 0 Å². The van der Waals surface area contributed by atoms with Crippen molar-refractivity contribution in [1.82, 2.24) is 9.78 Å². The summed E-state index contributed by atoms with van der Waals surface area (Å²) in [6, 6.07) is 15.7. The normalized spacial score (nSPS) is 15.8. The predicted molar refractivity (Wildman–Crippen MR) is 85.6 cm³/mol. The van der Waals surface area contributed by atoms with Crippen LogP contribution in [0.5, 0.6) is 5.75 Å². The van der Waals surface area contributed by atoms with Gasteiger partial charge in [0.25, 0.3) is 5.56 Å². The van der Waals surface area contributed by atoms with Crippen molar-refractivity contribution in [3.63, 3.8) is 0 Å². The van der Waals surface area contributed by atoms with Crippen LogP contribution in [0.2, 0.25) is 0 Å². The highest BCUT2D eigenvalue weighted by molar-refractivity contribution is 5.72. The summed E-state index contributed by atoms with van der Waals surface area (Å²) in [6.45, 7) is 3.93. The van der Waals surface area contributed by atoms with Crippen LogP contribution < -0.4 is 10.3 Å². The van der Waals surface area contributed by atoms with Crippen LogP contribution >= 0.6 is 0 Å². The molecule has 1 aliphatic heterocycles. The van der Waals surface area contributed by atoms with Crippen LogP contribution in [0.25, 0.3) is 16.9 Å². The number of para-hydroxylation sites is 1. The van der Waals surface area contributed by atoms with E-state index in [1.165, 1.54) is 0 Å². The second-order valence-corrected chi connectivity index (χ2v) is 5.63. The Hall–Kier alpha value is -2.75. The number of aromatic nitrogens is 2. The minimum Gasteiger partial charge on any atom is -0.485 e. The van der Waals surface area contributed by atoms with Gasteiger partial charge < -0.3 is 4.74 Å². The standard InChI is InChI=1S/C18H16N2O2/c1-11-7-9-13(10-8-11)20-18(21)16-12(2)22-15-6-4-3-5-14(15)17(16)19-20/h3-10,12,19H,1-2H3. The van der Waals surface area contributed by atoms with Crippen molar-refractivity contribution >= 4 is 0 Å². The van der Waals surface area contributed by atoms with Gasteiger partial charge in [-0.25, -0.2) is 4.68 Å². The Kier molecular flexibility index (Phi) is 2.73. The summed E-state index contributed by atoms with van der Waals surface area (Å²) in [4.78, 5) is 12.8. The lowest BCUT2D eigenvalue weighted by molar-refractivity contribution is 0.222. The number of nitrogens with one attached hydrogen (secondary N) is 1. The Balaban J connectivity index is 1.96. The number of H-pyrrole nitrogens is 1. The van der Waals surface area contributed by atoms with E-state index in [0.717, 1.165) is 28.3 Å². The topological polar surface area (TPSA) is 47.0 Å². The summed E-state index contributed by atoms with van der Waals surface area (Å²) in [5.41, 5.74) is 4.39. The number of hydrogen-bond acceptors (Lipinski definition) is 2. The highest BCUT2D eigenvalue weighted by Gasteiger charge is 2.29. The molecule has 4 nitrogen and oxygen atoms in total. The molecule has 1 N–H and O–H groups in total. The Morgan fingerprint density at radius 3 is 2.59 bits per heavy atom. The van der Waals surface area contributed by atoms with Crippen molar-refractivity contribution < 1.29 is 4.74 Å². The van der Waals surface area contributed by atoms with Gasteiger partial charge in [-0.05, 0) is 38.1 Å². The van der Waals surface area contributed by atoms with Gasteiger partial charge in [-0.3, -0.25) is 9.89 Å². The number of nitrogens with zero attached hydrogens (tertiary/aromatic N) is 1. The van der Waals surface area contributed by atoms with Crippen LogP contribution in [0.3, 0.4) is 0 Å². The summed E-state index contributed by atoms with van der Waals surface area (Å²) in [7, 11) is 0. The van der Waals surface area contributed by atoms with Gasteiger partial charge in [0.05, 0.1) is 16.9 Å². The van der Waals surface area contributed by atoms with Crippen molar-refractivity contribution in [2.24, 2.45) is 0 Å². The van der Waals surface area contributed by atoms with E-state index in [0.29, 0.717) is 5.56 Å². The highest BCUT2D eigenvalue weighted by atomic mass is 16.5. The summed E-state index contributed by atoms with van der Waals surface area (Å²) < 4.78 is 7.46. The summed E-state index contributed by atoms with van der Waals surface area (Å²) in [5, 5.41) is 3.25. The molecule has 1 aromatic heterocycles. The van der Waals surface area contributed by atoms with Gasteiger partial charge >= 0.3 is 0 Å². The Morgan fingerprint density at radius 1 is 1.09 bits per heavy atom. The average molecular weight is 292 g/mol. The zero-order valence-corrected chi connectivity index (χ0v) is 12.5. The van der Waals surface area contributed by atoms with Crippen LogP contribution in [-0.2, 0) is 0 Å². The molecule has 0 saturated heterocycles. The largest absolute Gasteiger partial charge is 0.485 e. The molecule has 1 unspecified atom stereocenters. The Bertz CT molecular complexity index is 904. The molecule has 0 amide bonds. The van der Waals surface area contributed by atoms with Crippen LogP contribution in [0, 0.1) is 6.92 Å². The fourth-order valence-electron chi connectivity index (χ4n) is 2.93. The van der Waals surface area contributed by atoms with E-state index in [1.807, 2.05) is 62.4 Å². The van der Waals surface area contributed by atoms with Gasteiger partial charge in [0.2, 0.25) is 0 Å². The lowest BCUT2D eigenvalue weighted by Crippen LogP contribution is -2.21. The first-order valence-electron chi connectivity index (χ1n) is 7.33. The average Bonchev–Trinajstić information content (AvgIpc) is 2.87. The molecule has 0 saturated carbocycles. The molecule has 2 heterocycles. The quantitative estimate of drug-likeness (QED) is 0.745. The second kappa shape index (κ2) is 4.63. The van der Waals surface area contributed by atoms with Gasteiger partial charge in [-0.1, -0.05) is 29.8 Å². The second-order valence-electron chi connectivity index (χ2n) is 5.63. The maximum atomic E-state index is 12.8. The number of ether oxygens (including phenoxy) is 1. The molecule has 0 spiro atoms. The zero-order valence-electron chi connectivity index (χ0n) is 12.5. The third-order valence-electron chi connectivity index (χ3n) is 4.09. The molecule has 3 aromatic rings. The monoisotopic (exact) mass is 292 g/mol. The minimum absolute atomic E-state index is 0.0548. The molecule has 1 atom stereocenters. The van der Waals surface area contributed by atoms with Crippen LogP contribution in [-0.4, -0.2) is 9.78 Å². The number of rotatable bonds is 1. The number of aryl methyl sites for hydroxylation is 1. The fraction of sp³-hybridized carbons (Fsp3) is 0.167. The number of hydrogen-bond donors (Lipinski definition) is 1. The molecule has 2 aromatic carbocycles. The van der Waals surface area contributed by atoms with E-state index in [4.69, 9.17) is 4.74 Å². The number of benzene rings is 2. The van der Waals surface area contributed by atoms with E-state index in [9.17, 15) is 4.79 Å². The molecule has 22 heavy (non-hydrogen) atoms. The SMILES string of the molecule is Cc1ccc(-n2[nH]c3c(c2=O)C(C)Oc2ccccc2-3)cc1. The third kappa shape index (κ3) is 1.80. The van der Waals surface area contributed by atoms with Crippen LogP contribution in [0.15, 0.2) is 53.3 Å².